The SMILES string of the molecule is CCOC(=O)CCCCCCC(CCCC(COc1ccc(F)cc1)OC(C)=O)(C(=O)CC)C(=O)OCC. The second-order valence-electron chi connectivity index (χ2n) is 9.19. The van der Waals surface area contributed by atoms with Crippen LogP contribution in [-0.4, -0.2) is 49.6 Å². The molecule has 0 aliphatic rings. The molecular weight excluding hydrogens is 495 g/mol. The first-order valence-corrected chi connectivity index (χ1v) is 13.6. The summed E-state index contributed by atoms with van der Waals surface area (Å²) < 4.78 is 34.5. The van der Waals surface area contributed by atoms with E-state index in [1.807, 2.05) is 0 Å². The number of hydrogen-bond acceptors (Lipinski definition) is 8. The lowest BCUT2D eigenvalue weighted by atomic mass is 9.73. The molecule has 0 bridgehead atoms. The minimum atomic E-state index is -1.27. The zero-order chi connectivity index (χ0) is 28.4. The fourth-order valence-corrected chi connectivity index (χ4v) is 4.37. The third kappa shape index (κ3) is 12.0. The molecule has 2 atom stereocenters. The molecule has 0 amide bonds. The maximum Gasteiger partial charge on any atom is 0.319 e. The Hall–Kier alpha value is -2.97. The number of halogens is 1. The highest BCUT2D eigenvalue weighted by Crippen LogP contribution is 2.36. The molecule has 1 aromatic rings. The molecule has 0 radical (unpaired) electrons. The zero-order valence-corrected chi connectivity index (χ0v) is 23.2. The van der Waals surface area contributed by atoms with E-state index in [9.17, 15) is 23.6 Å². The Bertz CT molecular complexity index is 870. The van der Waals surface area contributed by atoms with E-state index in [0.717, 1.165) is 12.8 Å². The first-order valence-electron chi connectivity index (χ1n) is 13.6. The van der Waals surface area contributed by atoms with Crippen LogP contribution < -0.4 is 4.74 Å². The van der Waals surface area contributed by atoms with Gasteiger partial charge < -0.3 is 18.9 Å². The van der Waals surface area contributed by atoms with E-state index in [-0.39, 0.29) is 43.6 Å². The monoisotopic (exact) mass is 538 g/mol. The molecule has 0 aliphatic carbocycles. The largest absolute Gasteiger partial charge is 0.490 e. The fraction of sp³-hybridized carbons (Fsp3) is 0.655. The highest BCUT2D eigenvalue weighted by Gasteiger charge is 2.44. The third-order valence-corrected chi connectivity index (χ3v) is 6.27. The van der Waals surface area contributed by atoms with Crippen LogP contribution in [0.4, 0.5) is 4.39 Å². The van der Waals surface area contributed by atoms with Crippen LogP contribution in [-0.2, 0) is 33.4 Å². The lowest BCUT2D eigenvalue weighted by Gasteiger charge is -2.30. The number of hydrogen-bond donors (Lipinski definition) is 0. The van der Waals surface area contributed by atoms with Crippen LogP contribution in [0.3, 0.4) is 0 Å². The molecule has 0 heterocycles. The molecule has 0 aliphatic heterocycles. The Balaban J connectivity index is 2.81. The van der Waals surface area contributed by atoms with Gasteiger partial charge in [-0.15, -0.1) is 0 Å². The second-order valence-corrected chi connectivity index (χ2v) is 9.19. The summed E-state index contributed by atoms with van der Waals surface area (Å²) in [7, 11) is 0. The number of carbonyl (C=O) groups excluding carboxylic acids is 4. The van der Waals surface area contributed by atoms with Gasteiger partial charge in [0, 0.05) is 19.8 Å². The summed E-state index contributed by atoms with van der Waals surface area (Å²) in [6, 6.07) is 5.52. The van der Waals surface area contributed by atoms with E-state index in [2.05, 4.69) is 0 Å². The number of ether oxygens (including phenoxy) is 4. The number of rotatable bonds is 20. The number of esters is 3. The number of ketones is 1. The number of Topliss-reactive ketones (excluding diaryl/α,β-unsaturated/α-hetero) is 1. The Morgan fingerprint density at radius 3 is 2.11 bits per heavy atom. The van der Waals surface area contributed by atoms with Crippen LogP contribution in [0.5, 0.6) is 5.75 Å². The molecule has 0 saturated carbocycles. The van der Waals surface area contributed by atoms with Crippen LogP contribution in [0.1, 0.15) is 91.9 Å². The van der Waals surface area contributed by atoms with Gasteiger partial charge in [-0.2, -0.15) is 0 Å². The Morgan fingerprint density at radius 2 is 1.50 bits per heavy atom. The zero-order valence-electron chi connectivity index (χ0n) is 23.2. The van der Waals surface area contributed by atoms with Crippen LogP contribution >= 0.6 is 0 Å². The van der Waals surface area contributed by atoms with Crippen molar-refractivity contribution in [1.82, 2.24) is 0 Å². The topological polar surface area (TPSA) is 105 Å². The fourth-order valence-electron chi connectivity index (χ4n) is 4.37. The Kier molecular flexibility index (Phi) is 15.9. The van der Waals surface area contributed by atoms with Crippen molar-refractivity contribution in [2.24, 2.45) is 5.41 Å². The van der Waals surface area contributed by atoms with Crippen molar-refractivity contribution in [3.05, 3.63) is 30.1 Å². The van der Waals surface area contributed by atoms with Gasteiger partial charge in [0.2, 0.25) is 0 Å². The van der Waals surface area contributed by atoms with Crippen molar-refractivity contribution in [2.75, 3.05) is 19.8 Å². The number of unbranched alkanes of at least 4 members (excludes halogenated alkanes) is 3. The van der Waals surface area contributed by atoms with Crippen molar-refractivity contribution in [1.29, 1.82) is 0 Å². The summed E-state index contributed by atoms with van der Waals surface area (Å²) in [6.45, 7) is 7.09. The van der Waals surface area contributed by atoms with Gasteiger partial charge in [-0.05, 0) is 70.2 Å². The normalized spacial score (nSPS) is 13.2. The van der Waals surface area contributed by atoms with Gasteiger partial charge in [-0.3, -0.25) is 19.2 Å². The quantitative estimate of drug-likeness (QED) is 0.0896. The highest BCUT2D eigenvalue weighted by molar-refractivity contribution is 6.03. The molecule has 0 saturated heterocycles. The molecule has 0 fully saturated rings. The van der Waals surface area contributed by atoms with Gasteiger partial charge in [-0.1, -0.05) is 26.2 Å². The van der Waals surface area contributed by atoms with Crippen molar-refractivity contribution in [3.8, 4) is 5.75 Å². The van der Waals surface area contributed by atoms with E-state index in [1.165, 1.54) is 31.2 Å². The molecule has 0 N–H and O–H groups in total. The average Bonchev–Trinajstić information content (AvgIpc) is 2.88. The number of benzene rings is 1. The molecular formula is C29H43FO8. The lowest BCUT2D eigenvalue weighted by molar-refractivity contribution is -0.162. The molecule has 0 spiro atoms. The van der Waals surface area contributed by atoms with E-state index < -0.39 is 23.5 Å². The molecule has 1 rings (SSSR count). The summed E-state index contributed by atoms with van der Waals surface area (Å²) in [4.78, 5) is 49.4. The average molecular weight is 539 g/mol. The predicted molar refractivity (Wildman–Crippen MR) is 140 cm³/mol. The molecule has 0 aromatic heterocycles. The summed E-state index contributed by atoms with van der Waals surface area (Å²) in [5.41, 5.74) is -1.27. The van der Waals surface area contributed by atoms with Gasteiger partial charge in [0.05, 0.1) is 13.2 Å². The molecule has 2 unspecified atom stereocenters. The smallest absolute Gasteiger partial charge is 0.319 e. The van der Waals surface area contributed by atoms with Crippen LogP contribution in [0.2, 0.25) is 0 Å². The molecule has 214 valence electrons. The van der Waals surface area contributed by atoms with Crippen LogP contribution in [0.25, 0.3) is 0 Å². The minimum Gasteiger partial charge on any atom is -0.490 e. The Labute approximate surface area is 225 Å². The first kappa shape index (κ1) is 33.1. The lowest BCUT2D eigenvalue weighted by Crippen LogP contribution is -2.41. The van der Waals surface area contributed by atoms with Crippen LogP contribution in [0.15, 0.2) is 24.3 Å². The molecule has 9 heteroatoms. The summed E-state index contributed by atoms with van der Waals surface area (Å²) >= 11 is 0. The molecule has 8 nitrogen and oxygen atoms in total. The van der Waals surface area contributed by atoms with E-state index in [0.29, 0.717) is 50.9 Å². The number of carbonyl (C=O) groups is 4. The van der Waals surface area contributed by atoms with Crippen molar-refractivity contribution in [3.63, 3.8) is 0 Å². The van der Waals surface area contributed by atoms with E-state index in [4.69, 9.17) is 18.9 Å². The summed E-state index contributed by atoms with van der Waals surface area (Å²) in [5.74, 6) is -1.33. The maximum absolute atomic E-state index is 13.2. The van der Waals surface area contributed by atoms with Crippen molar-refractivity contribution < 1.29 is 42.5 Å². The second kappa shape index (κ2) is 18.3. The first-order chi connectivity index (χ1) is 18.2. The van der Waals surface area contributed by atoms with E-state index >= 15 is 0 Å². The van der Waals surface area contributed by atoms with Crippen molar-refractivity contribution in [2.45, 2.75) is 98.0 Å². The van der Waals surface area contributed by atoms with Gasteiger partial charge in [0.1, 0.15) is 35.5 Å². The summed E-state index contributed by atoms with van der Waals surface area (Å²) in [6.07, 6.45) is 4.22. The van der Waals surface area contributed by atoms with Gasteiger partial charge in [-0.25, -0.2) is 4.39 Å². The van der Waals surface area contributed by atoms with Crippen molar-refractivity contribution >= 4 is 23.7 Å². The maximum atomic E-state index is 13.2. The highest BCUT2D eigenvalue weighted by atomic mass is 19.1. The van der Waals surface area contributed by atoms with Gasteiger partial charge in [0.15, 0.2) is 0 Å². The Morgan fingerprint density at radius 1 is 0.868 bits per heavy atom. The van der Waals surface area contributed by atoms with Gasteiger partial charge >= 0.3 is 17.9 Å². The predicted octanol–water partition coefficient (Wildman–Crippen LogP) is 5.74. The van der Waals surface area contributed by atoms with Gasteiger partial charge in [0.25, 0.3) is 0 Å². The van der Waals surface area contributed by atoms with Crippen LogP contribution in [0, 0.1) is 11.2 Å². The minimum absolute atomic E-state index is 0.0554. The standard InChI is InChI=1S/C29H43FO8/c1-5-26(32)29(28(34)36-7-3,19-11-9-8-10-14-27(33)35-6-2)20-12-13-25(38-22(4)31)21-37-24-17-15-23(30)16-18-24/h15-18,25H,5-14,19-21H2,1-4H3. The third-order valence-electron chi connectivity index (χ3n) is 6.27. The molecule has 38 heavy (non-hydrogen) atoms. The van der Waals surface area contributed by atoms with E-state index in [1.54, 1.807) is 20.8 Å². The molecule has 1 aromatic carbocycles. The summed E-state index contributed by atoms with van der Waals surface area (Å²) in [5, 5.41) is 0.